The Morgan fingerprint density at radius 1 is 1.24 bits per heavy atom. The monoisotopic (exact) mass is 327 g/mol. The van der Waals surface area contributed by atoms with Crippen molar-refractivity contribution in [1.82, 2.24) is 0 Å². The predicted molar refractivity (Wildman–Crippen MR) is 81.9 cm³/mol. The maximum atomic E-state index is 13.9. The van der Waals surface area contributed by atoms with Crippen LogP contribution in [-0.2, 0) is 0 Å². The lowest BCUT2D eigenvalue weighted by Gasteiger charge is -2.18. The molecule has 0 aliphatic heterocycles. The van der Waals surface area contributed by atoms with Crippen LogP contribution in [0.5, 0.6) is 0 Å². The zero-order chi connectivity index (χ0) is 15.6. The van der Waals surface area contributed by atoms with Crippen LogP contribution in [0.3, 0.4) is 0 Å². The van der Waals surface area contributed by atoms with Crippen LogP contribution in [0.25, 0.3) is 0 Å². The number of halogens is 3. The van der Waals surface area contributed by atoms with Gasteiger partial charge in [-0.2, -0.15) is 0 Å². The van der Waals surface area contributed by atoms with Crippen molar-refractivity contribution >= 4 is 34.9 Å². The third-order valence-corrected chi connectivity index (χ3v) is 3.58. The van der Waals surface area contributed by atoms with Crippen molar-refractivity contribution in [2.24, 2.45) is 0 Å². The normalized spacial score (nSPS) is 12.0. The van der Waals surface area contributed by atoms with Crippen LogP contribution in [0.15, 0.2) is 36.4 Å². The molecular weight excluding hydrogens is 316 g/mol. The Morgan fingerprint density at radius 2 is 1.95 bits per heavy atom. The summed E-state index contributed by atoms with van der Waals surface area (Å²) >= 11 is 11.9. The number of carbonyl (C=O) groups is 1. The molecule has 110 valence electrons. The highest BCUT2D eigenvalue weighted by Crippen LogP contribution is 2.29. The summed E-state index contributed by atoms with van der Waals surface area (Å²) in [7, 11) is 0. The second-order valence-corrected chi connectivity index (χ2v) is 5.38. The molecule has 6 heteroatoms. The van der Waals surface area contributed by atoms with Crippen LogP contribution in [0.1, 0.15) is 28.9 Å². The first kappa shape index (κ1) is 15.6. The zero-order valence-electron chi connectivity index (χ0n) is 11.0. The largest absolute Gasteiger partial charge is 0.478 e. The highest BCUT2D eigenvalue weighted by Gasteiger charge is 2.13. The molecular formula is C15H12Cl2FNO2. The van der Waals surface area contributed by atoms with Crippen LogP contribution in [0.2, 0.25) is 10.0 Å². The number of aromatic carboxylic acids is 1. The van der Waals surface area contributed by atoms with Gasteiger partial charge in [-0.3, -0.25) is 0 Å². The SMILES string of the molecule is CC(Nc1ccc(C(=O)O)cc1F)c1ccc(Cl)cc1Cl. The lowest BCUT2D eigenvalue weighted by Crippen LogP contribution is -2.09. The second-order valence-electron chi connectivity index (χ2n) is 4.53. The van der Waals surface area contributed by atoms with Crippen molar-refractivity contribution in [3.63, 3.8) is 0 Å². The number of hydrogen-bond donors (Lipinski definition) is 2. The smallest absolute Gasteiger partial charge is 0.335 e. The molecule has 0 saturated heterocycles. The number of anilines is 1. The third kappa shape index (κ3) is 3.65. The topological polar surface area (TPSA) is 49.3 Å². The van der Waals surface area contributed by atoms with Gasteiger partial charge in [0, 0.05) is 10.0 Å². The van der Waals surface area contributed by atoms with E-state index in [1.165, 1.54) is 12.1 Å². The summed E-state index contributed by atoms with van der Waals surface area (Å²) in [6.45, 7) is 1.82. The van der Waals surface area contributed by atoms with E-state index in [4.69, 9.17) is 28.3 Å². The van der Waals surface area contributed by atoms with Gasteiger partial charge >= 0.3 is 5.97 Å². The van der Waals surface area contributed by atoms with Crippen LogP contribution >= 0.6 is 23.2 Å². The molecule has 2 aromatic carbocycles. The van der Waals surface area contributed by atoms with Crippen molar-refractivity contribution in [2.75, 3.05) is 5.32 Å². The van der Waals surface area contributed by atoms with Crippen molar-refractivity contribution in [3.05, 3.63) is 63.4 Å². The van der Waals surface area contributed by atoms with E-state index in [0.29, 0.717) is 10.0 Å². The van der Waals surface area contributed by atoms with Crippen LogP contribution in [0, 0.1) is 5.82 Å². The molecule has 0 radical (unpaired) electrons. The number of benzene rings is 2. The Bertz CT molecular complexity index is 691. The van der Waals surface area contributed by atoms with Gasteiger partial charge in [0.1, 0.15) is 5.82 Å². The molecule has 3 nitrogen and oxygen atoms in total. The quantitative estimate of drug-likeness (QED) is 0.830. The number of hydrogen-bond acceptors (Lipinski definition) is 2. The minimum absolute atomic E-state index is 0.102. The molecule has 0 spiro atoms. The molecule has 0 bridgehead atoms. The number of nitrogens with one attached hydrogen (secondary N) is 1. The van der Waals surface area contributed by atoms with E-state index in [1.54, 1.807) is 18.2 Å². The van der Waals surface area contributed by atoms with E-state index in [1.807, 2.05) is 6.92 Å². The molecule has 2 aromatic rings. The summed E-state index contributed by atoms with van der Waals surface area (Å²) in [6.07, 6.45) is 0. The minimum atomic E-state index is -1.17. The van der Waals surface area contributed by atoms with E-state index in [9.17, 15) is 9.18 Å². The summed E-state index contributed by atoms with van der Waals surface area (Å²) < 4.78 is 13.9. The number of rotatable bonds is 4. The molecule has 0 aromatic heterocycles. The number of carboxylic acids is 1. The number of carboxylic acid groups (broad SMARTS) is 1. The molecule has 2 rings (SSSR count). The fourth-order valence-corrected chi connectivity index (χ4v) is 2.50. The van der Waals surface area contributed by atoms with E-state index < -0.39 is 11.8 Å². The van der Waals surface area contributed by atoms with Crippen LogP contribution in [-0.4, -0.2) is 11.1 Å². The molecule has 2 N–H and O–H groups in total. The highest BCUT2D eigenvalue weighted by atomic mass is 35.5. The Hall–Kier alpha value is -1.78. The van der Waals surface area contributed by atoms with Gasteiger partial charge in [0.15, 0.2) is 0 Å². The van der Waals surface area contributed by atoms with Crippen molar-refractivity contribution in [2.45, 2.75) is 13.0 Å². The fourth-order valence-electron chi connectivity index (χ4n) is 1.93. The lowest BCUT2D eigenvalue weighted by atomic mass is 10.1. The summed E-state index contributed by atoms with van der Waals surface area (Å²) in [5.74, 6) is -1.80. The molecule has 0 amide bonds. The average molecular weight is 328 g/mol. The minimum Gasteiger partial charge on any atom is -0.478 e. The molecule has 0 aliphatic carbocycles. The van der Waals surface area contributed by atoms with Crippen molar-refractivity contribution in [3.8, 4) is 0 Å². The van der Waals surface area contributed by atoms with Gasteiger partial charge in [0.2, 0.25) is 0 Å². The first-order chi connectivity index (χ1) is 9.88. The van der Waals surface area contributed by atoms with Crippen LogP contribution < -0.4 is 5.32 Å². The van der Waals surface area contributed by atoms with Gasteiger partial charge < -0.3 is 10.4 Å². The van der Waals surface area contributed by atoms with Gasteiger partial charge in [-0.05, 0) is 42.8 Å². The van der Waals surface area contributed by atoms with Gasteiger partial charge in [-0.1, -0.05) is 29.3 Å². The predicted octanol–water partition coefficient (Wildman–Crippen LogP) is 5.00. The van der Waals surface area contributed by atoms with Crippen molar-refractivity contribution in [1.29, 1.82) is 0 Å². The van der Waals surface area contributed by atoms with Gasteiger partial charge in [-0.25, -0.2) is 9.18 Å². The standard InChI is InChI=1S/C15H12Cl2FNO2/c1-8(11-4-3-10(16)7-12(11)17)19-14-5-2-9(15(20)21)6-13(14)18/h2-8,19H,1H3,(H,20,21). The summed E-state index contributed by atoms with van der Waals surface area (Å²) in [4.78, 5) is 10.8. The van der Waals surface area contributed by atoms with Gasteiger partial charge in [0.05, 0.1) is 17.3 Å². The molecule has 1 unspecified atom stereocenters. The Morgan fingerprint density at radius 3 is 2.52 bits per heavy atom. The highest BCUT2D eigenvalue weighted by molar-refractivity contribution is 6.35. The summed E-state index contributed by atoms with van der Waals surface area (Å²) in [5.41, 5.74) is 0.872. The maximum absolute atomic E-state index is 13.9. The zero-order valence-corrected chi connectivity index (χ0v) is 12.5. The Kier molecular flexibility index (Phi) is 4.70. The van der Waals surface area contributed by atoms with E-state index >= 15 is 0 Å². The maximum Gasteiger partial charge on any atom is 0.335 e. The van der Waals surface area contributed by atoms with Gasteiger partial charge in [0.25, 0.3) is 0 Å². The first-order valence-electron chi connectivity index (χ1n) is 6.13. The first-order valence-corrected chi connectivity index (χ1v) is 6.88. The average Bonchev–Trinajstić information content (AvgIpc) is 2.40. The molecule has 0 saturated carbocycles. The molecule has 0 heterocycles. The lowest BCUT2D eigenvalue weighted by molar-refractivity contribution is 0.0696. The van der Waals surface area contributed by atoms with E-state index in [0.717, 1.165) is 11.6 Å². The fraction of sp³-hybridized carbons (Fsp3) is 0.133. The van der Waals surface area contributed by atoms with E-state index in [2.05, 4.69) is 5.32 Å². The summed E-state index contributed by atoms with van der Waals surface area (Å²) in [5, 5.41) is 12.8. The molecule has 1 atom stereocenters. The molecule has 0 fully saturated rings. The Labute approximate surface area is 131 Å². The molecule has 0 aliphatic rings. The summed E-state index contributed by atoms with van der Waals surface area (Å²) in [6, 6.07) is 8.50. The third-order valence-electron chi connectivity index (χ3n) is 3.02. The van der Waals surface area contributed by atoms with Crippen molar-refractivity contribution < 1.29 is 14.3 Å². The second kappa shape index (κ2) is 6.33. The van der Waals surface area contributed by atoms with E-state index in [-0.39, 0.29) is 17.3 Å². The van der Waals surface area contributed by atoms with Gasteiger partial charge in [-0.15, -0.1) is 0 Å². The Balaban J connectivity index is 2.23. The van der Waals surface area contributed by atoms with Crippen LogP contribution in [0.4, 0.5) is 10.1 Å². The molecule has 21 heavy (non-hydrogen) atoms.